The molecule has 4 heteroatoms. The van der Waals surface area contributed by atoms with Gasteiger partial charge in [0.25, 0.3) is 0 Å². The average Bonchev–Trinajstić information content (AvgIpc) is 2.27. The Morgan fingerprint density at radius 2 is 2.30 bits per heavy atom. The zero-order chi connectivity index (χ0) is 6.97. The first-order chi connectivity index (χ1) is 4.86. The summed E-state index contributed by atoms with van der Waals surface area (Å²) < 4.78 is 1.73. The Bertz CT molecular complexity index is 322. The second kappa shape index (κ2) is 2.19. The van der Waals surface area contributed by atoms with Crippen molar-refractivity contribution in [1.82, 2.24) is 13.0 Å². The van der Waals surface area contributed by atoms with Crippen molar-refractivity contribution >= 4 is 33.9 Å². The molecule has 2 aromatic rings. The smallest absolute Gasteiger partial charge is 0.112 e. The molecule has 2 rings (SSSR count). The van der Waals surface area contributed by atoms with Crippen molar-refractivity contribution in [1.29, 1.82) is 0 Å². The number of nitrogens with zero attached hydrogens (tertiary/aromatic N) is 3. The average molecular weight is 245 g/mol. The first-order valence-electron chi connectivity index (χ1n) is 2.83. The highest BCUT2D eigenvalue weighted by Crippen LogP contribution is 2.08. The van der Waals surface area contributed by atoms with Gasteiger partial charge in [-0.15, -0.1) is 0 Å². The Kier molecular flexibility index (Phi) is 1.33. The van der Waals surface area contributed by atoms with Crippen LogP contribution in [0.2, 0.25) is 0 Å². The van der Waals surface area contributed by atoms with Crippen molar-refractivity contribution < 1.29 is 0 Å². The van der Waals surface area contributed by atoms with E-state index in [0.717, 1.165) is 11.0 Å². The van der Waals surface area contributed by atoms with Crippen LogP contribution < -0.4 is 0 Å². The molecule has 0 bridgehead atoms. The molecule has 0 aliphatic rings. The summed E-state index contributed by atoms with van der Waals surface area (Å²) in [7, 11) is 0. The number of hydrogen-bond acceptors (Lipinski definition) is 2. The van der Waals surface area contributed by atoms with Crippen LogP contribution in [0.25, 0.3) is 11.0 Å². The maximum Gasteiger partial charge on any atom is 0.112 e. The third kappa shape index (κ3) is 0.880. The van der Waals surface area contributed by atoms with Crippen LogP contribution in [0, 0.1) is 0 Å². The molecule has 0 amide bonds. The van der Waals surface area contributed by atoms with Crippen LogP contribution in [-0.4, -0.2) is 13.0 Å². The Hall–Kier alpha value is -0.650. The monoisotopic (exact) mass is 245 g/mol. The summed E-state index contributed by atoms with van der Waals surface area (Å²) in [5.41, 5.74) is 1.88. The molecule has 0 aliphatic carbocycles. The normalized spacial score (nSPS) is 10.5. The van der Waals surface area contributed by atoms with Gasteiger partial charge in [-0.2, -0.15) is 5.10 Å². The van der Waals surface area contributed by atoms with Crippen LogP contribution >= 0.6 is 22.9 Å². The first kappa shape index (κ1) is 6.09. The third-order valence-corrected chi connectivity index (χ3v) is 1.74. The van der Waals surface area contributed by atoms with Gasteiger partial charge in [0.1, 0.15) is 11.0 Å². The van der Waals surface area contributed by atoms with E-state index in [9.17, 15) is 0 Å². The lowest BCUT2D eigenvalue weighted by atomic mass is 10.4. The number of halogens is 1. The number of rotatable bonds is 0. The molecule has 10 heavy (non-hydrogen) atoms. The van der Waals surface area contributed by atoms with E-state index in [4.69, 9.17) is 0 Å². The van der Waals surface area contributed by atoms with Gasteiger partial charge in [-0.3, -0.25) is 4.98 Å². The predicted octanol–water partition coefficient (Wildman–Crippen LogP) is 1.63. The van der Waals surface area contributed by atoms with Gasteiger partial charge in [-0.1, -0.05) is 0 Å². The lowest BCUT2D eigenvalue weighted by molar-refractivity contribution is 1.08. The van der Waals surface area contributed by atoms with Crippen molar-refractivity contribution in [3.05, 3.63) is 24.5 Å². The van der Waals surface area contributed by atoms with E-state index in [1.54, 1.807) is 9.09 Å². The molecule has 0 N–H and O–H groups in total. The van der Waals surface area contributed by atoms with Crippen LogP contribution in [0.5, 0.6) is 0 Å². The number of aromatic nitrogens is 3. The van der Waals surface area contributed by atoms with E-state index in [1.807, 2.05) is 18.3 Å². The van der Waals surface area contributed by atoms with Crippen LogP contribution in [0.4, 0.5) is 0 Å². The molecule has 3 nitrogen and oxygen atoms in total. The second-order valence-electron chi connectivity index (χ2n) is 1.93. The zero-order valence-corrected chi connectivity index (χ0v) is 7.19. The Balaban J connectivity index is 2.88. The molecular weight excluding hydrogens is 241 g/mol. The van der Waals surface area contributed by atoms with Gasteiger partial charge < -0.3 is 0 Å². The molecule has 0 radical (unpaired) electrons. The summed E-state index contributed by atoms with van der Waals surface area (Å²) in [6, 6.07) is 3.82. The molecule has 0 saturated heterocycles. The van der Waals surface area contributed by atoms with Crippen molar-refractivity contribution in [3.63, 3.8) is 0 Å². The SMILES string of the molecule is In1cc2ncccc2n1. The zero-order valence-electron chi connectivity index (χ0n) is 5.03. The van der Waals surface area contributed by atoms with Crippen molar-refractivity contribution in [2.24, 2.45) is 0 Å². The minimum atomic E-state index is 0.942. The lowest BCUT2D eigenvalue weighted by Gasteiger charge is -1.79. The van der Waals surface area contributed by atoms with Gasteiger partial charge in [0.2, 0.25) is 0 Å². The maximum atomic E-state index is 4.15. The highest BCUT2D eigenvalue weighted by atomic mass is 127. The molecule has 2 heterocycles. The van der Waals surface area contributed by atoms with Crippen molar-refractivity contribution in [2.75, 3.05) is 0 Å². The van der Waals surface area contributed by atoms with E-state index >= 15 is 0 Å². The Morgan fingerprint density at radius 3 is 3.10 bits per heavy atom. The number of hydrogen-bond donors (Lipinski definition) is 0. The molecule has 0 atom stereocenters. The minimum absolute atomic E-state index is 0.942. The molecule has 2 aromatic heterocycles. The molecule has 0 saturated carbocycles. The van der Waals surface area contributed by atoms with Gasteiger partial charge >= 0.3 is 0 Å². The molecular formula is C6H4IN3. The largest absolute Gasteiger partial charge is 0.253 e. The summed E-state index contributed by atoms with van der Waals surface area (Å²) >= 11 is 2.10. The number of pyridine rings is 1. The van der Waals surface area contributed by atoms with Crippen LogP contribution in [0.1, 0.15) is 0 Å². The fourth-order valence-corrected chi connectivity index (χ4v) is 1.32. The number of fused-ring (bicyclic) bond motifs is 1. The van der Waals surface area contributed by atoms with Gasteiger partial charge in [-0.25, -0.2) is 2.90 Å². The van der Waals surface area contributed by atoms with E-state index in [-0.39, 0.29) is 0 Å². The van der Waals surface area contributed by atoms with E-state index in [2.05, 4.69) is 32.9 Å². The molecule has 0 aromatic carbocycles. The summed E-state index contributed by atoms with van der Waals surface area (Å²) in [6.45, 7) is 0. The van der Waals surface area contributed by atoms with Crippen LogP contribution in [-0.2, 0) is 0 Å². The lowest BCUT2D eigenvalue weighted by Crippen LogP contribution is -1.74. The fraction of sp³-hybridized carbons (Fsp3) is 0. The molecule has 0 fully saturated rings. The van der Waals surface area contributed by atoms with Gasteiger partial charge in [0.05, 0.1) is 29.1 Å². The van der Waals surface area contributed by atoms with E-state index < -0.39 is 0 Å². The van der Waals surface area contributed by atoms with E-state index in [0.29, 0.717) is 0 Å². The summed E-state index contributed by atoms with van der Waals surface area (Å²) in [6.07, 6.45) is 3.65. The van der Waals surface area contributed by atoms with E-state index in [1.165, 1.54) is 0 Å². The molecule has 0 aliphatic heterocycles. The highest BCUT2D eigenvalue weighted by molar-refractivity contribution is 14.1. The predicted molar refractivity (Wildman–Crippen MR) is 46.9 cm³/mol. The summed E-state index contributed by atoms with van der Waals surface area (Å²) in [5, 5.41) is 4.15. The maximum absolute atomic E-state index is 4.15. The topological polar surface area (TPSA) is 30.7 Å². The van der Waals surface area contributed by atoms with Gasteiger partial charge in [0.15, 0.2) is 0 Å². The van der Waals surface area contributed by atoms with Crippen molar-refractivity contribution in [2.45, 2.75) is 0 Å². The molecule has 50 valence electrons. The van der Waals surface area contributed by atoms with Crippen LogP contribution in [0.3, 0.4) is 0 Å². The van der Waals surface area contributed by atoms with Crippen LogP contribution in [0.15, 0.2) is 24.5 Å². The first-order valence-corrected chi connectivity index (χ1v) is 3.79. The Labute approximate surface area is 71.6 Å². The Morgan fingerprint density at radius 1 is 1.40 bits per heavy atom. The molecule has 0 spiro atoms. The van der Waals surface area contributed by atoms with Gasteiger partial charge in [0, 0.05) is 6.20 Å². The quantitative estimate of drug-likeness (QED) is 0.660. The summed E-state index contributed by atoms with van der Waals surface area (Å²) in [4.78, 5) is 4.11. The summed E-state index contributed by atoms with van der Waals surface area (Å²) in [5.74, 6) is 0. The van der Waals surface area contributed by atoms with Crippen molar-refractivity contribution in [3.8, 4) is 0 Å². The second-order valence-corrected chi connectivity index (χ2v) is 2.91. The van der Waals surface area contributed by atoms with Gasteiger partial charge in [-0.05, 0) is 12.1 Å². The third-order valence-electron chi connectivity index (χ3n) is 1.25. The highest BCUT2D eigenvalue weighted by Gasteiger charge is 1.95. The standard InChI is InChI=1S/C6H4IN3/c7-10-4-6-5(9-10)2-1-3-8-6/h1-4H. The fourth-order valence-electron chi connectivity index (χ4n) is 0.826. The molecule has 0 unspecified atom stereocenters. The minimum Gasteiger partial charge on any atom is -0.253 e.